The van der Waals surface area contributed by atoms with Gasteiger partial charge in [-0.15, -0.1) is 0 Å². The maximum atomic E-state index is 11.8. The smallest absolute Gasteiger partial charge is 0.255 e. The molecule has 0 aliphatic carbocycles. The van der Waals surface area contributed by atoms with E-state index in [4.69, 9.17) is 0 Å². The minimum atomic E-state index is -0.514. The molecule has 1 unspecified atom stereocenters. The van der Waals surface area contributed by atoms with Gasteiger partial charge in [0.05, 0.1) is 11.6 Å². The van der Waals surface area contributed by atoms with Gasteiger partial charge < -0.3 is 20.8 Å². The second-order valence-corrected chi connectivity index (χ2v) is 3.85. The lowest BCUT2D eigenvalue weighted by Crippen LogP contribution is -2.36. The molecule has 17 heavy (non-hydrogen) atoms. The molecular formula is C11H12N2O4. The molecular weight excluding hydrogens is 224 g/mol. The molecule has 1 aromatic rings. The van der Waals surface area contributed by atoms with Crippen molar-refractivity contribution >= 4 is 11.8 Å². The first-order valence-electron chi connectivity index (χ1n) is 5.16. The molecule has 4 N–H and O–H groups in total. The first-order valence-corrected chi connectivity index (χ1v) is 5.16. The molecule has 1 heterocycles. The topological polar surface area (TPSA) is 98.7 Å². The fourth-order valence-corrected chi connectivity index (χ4v) is 1.68. The third kappa shape index (κ3) is 2.30. The number of hydrogen-bond donors (Lipinski definition) is 4. The molecule has 90 valence electrons. The first-order chi connectivity index (χ1) is 8.08. The minimum Gasteiger partial charge on any atom is -0.504 e. The molecule has 0 aromatic heterocycles. The van der Waals surface area contributed by atoms with Gasteiger partial charge in [0.2, 0.25) is 5.91 Å². The number of carbonyl (C=O) groups is 2. The van der Waals surface area contributed by atoms with Crippen LogP contribution < -0.4 is 10.6 Å². The SMILES string of the molecule is O=C1CC(NC(=O)c2cccc(O)c2O)CN1. The number of aromatic hydroxyl groups is 2. The lowest BCUT2D eigenvalue weighted by molar-refractivity contribution is -0.119. The number of amides is 2. The van der Waals surface area contributed by atoms with Crippen LogP contribution >= 0.6 is 0 Å². The average Bonchev–Trinajstić information content (AvgIpc) is 2.68. The van der Waals surface area contributed by atoms with Crippen molar-refractivity contribution in [2.75, 3.05) is 6.54 Å². The maximum absolute atomic E-state index is 11.8. The Balaban J connectivity index is 2.09. The van der Waals surface area contributed by atoms with Crippen LogP contribution in [0.4, 0.5) is 0 Å². The lowest BCUT2D eigenvalue weighted by Gasteiger charge is -2.11. The van der Waals surface area contributed by atoms with Crippen molar-refractivity contribution in [1.82, 2.24) is 10.6 Å². The molecule has 0 spiro atoms. The summed E-state index contributed by atoms with van der Waals surface area (Å²) < 4.78 is 0. The highest BCUT2D eigenvalue weighted by Gasteiger charge is 2.24. The number of benzene rings is 1. The van der Waals surface area contributed by atoms with E-state index in [1.807, 2.05) is 0 Å². The Kier molecular flexibility index (Phi) is 2.86. The number of nitrogens with one attached hydrogen (secondary N) is 2. The van der Waals surface area contributed by atoms with Crippen LogP contribution in [-0.2, 0) is 4.79 Å². The number of phenols is 2. The summed E-state index contributed by atoms with van der Waals surface area (Å²) in [5.41, 5.74) is -0.00986. The number of carbonyl (C=O) groups excluding carboxylic acids is 2. The minimum absolute atomic E-state index is 0.00986. The molecule has 0 radical (unpaired) electrons. The van der Waals surface area contributed by atoms with Gasteiger partial charge in [-0.25, -0.2) is 0 Å². The standard InChI is InChI=1S/C11H12N2O4/c14-8-3-1-2-7(10(8)16)11(17)13-6-4-9(15)12-5-6/h1-3,6,14,16H,4-5H2,(H,12,15)(H,13,17). The first kappa shape index (κ1) is 11.3. The summed E-state index contributed by atoms with van der Waals surface area (Å²) >= 11 is 0. The summed E-state index contributed by atoms with van der Waals surface area (Å²) in [5.74, 6) is -1.43. The van der Waals surface area contributed by atoms with Crippen LogP contribution in [0.15, 0.2) is 18.2 Å². The van der Waals surface area contributed by atoms with Crippen LogP contribution in [0.3, 0.4) is 0 Å². The molecule has 1 atom stereocenters. The van der Waals surface area contributed by atoms with Crippen LogP contribution in [0.25, 0.3) is 0 Å². The van der Waals surface area contributed by atoms with Crippen molar-refractivity contribution in [3.63, 3.8) is 0 Å². The van der Waals surface area contributed by atoms with Crippen LogP contribution in [0.2, 0.25) is 0 Å². The maximum Gasteiger partial charge on any atom is 0.255 e. The van der Waals surface area contributed by atoms with Gasteiger partial charge in [0, 0.05) is 13.0 Å². The Bertz CT molecular complexity index is 473. The molecule has 1 aromatic carbocycles. The zero-order valence-electron chi connectivity index (χ0n) is 8.93. The van der Waals surface area contributed by atoms with Crippen molar-refractivity contribution in [3.05, 3.63) is 23.8 Å². The highest BCUT2D eigenvalue weighted by molar-refractivity contribution is 5.98. The monoisotopic (exact) mass is 236 g/mol. The summed E-state index contributed by atoms with van der Waals surface area (Å²) in [6.45, 7) is 0.379. The van der Waals surface area contributed by atoms with Gasteiger partial charge in [-0.05, 0) is 12.1 Å². The Morgan fingerprint density at radius 3 is 2.82 bits per heavy atom. The molecule has 1 saturated heterocycles. The van der Waals surface area contributed by atoms with Crippen molar-refractivity contribution < 1.29 is 19.8 Å². The van der Waals surface area contributed by atoms with Crippen LogP contribution in [0, 0.1) is 0 Å². The van der Waals surface area contributed by atoms with E-state index in [0.29, 0.717) is 6.54 Å². The quantitative estimate of drug-likeness (QED) is 0.530. The molecule has 6 heteroatoms. The summed E-state index contributed by atoms with van der Waals surface area (Å²) in [7, 11) is 0. The third-order valence-electron chi connectivity index (χ3n) is 2.57. The van der Waals surface area contributed by atoms with Gasteiger partial charge in [-0.3, -0.25) is 9.59 Å². The average molecular weight is 236 g/mol. The largest absolute Gasteiger partial charge is 0.504 e. The van der Waals surface area contributed by atoms with Crippen molar-refractivity contribution in [1.29, 1.82) is 0 Å². The predicted molar refractivity (Wildman–Crippen MR) is 58.7 cm³/mol. The Hall–Kier alpha value is -2.24. The van der Waals surface area contributed by atoms with E-state index in [1.54, 1.807) is 0 Å². The van der Waals surface area contributed by atoms with Crippen molar-refractivity contribution in [3.8, 4) is 11.5 Å². The molecule has 2 amide bonds. The molecule has 1 aliphatic rings. The molecule has 1 aliphatic heterocycles. The molecule has 2 rings (SSSR count). The zero-order chi connectivity index (χ0) is 12.4. The Morgan fingerprint density at radius 1 is 1.41 bits per heavy atom. The molecule has 6 nitrogen and oxygen atoms in total. The van der Waals surface area contributed by atoms with Gasteiger partial charge in [0.15, 0.2) is 11.5 Å². The lowest BCUT2D eigenvalue weighted by atomic mass is 10.1. The number of phenolic OH excluding ortho intramolecular Hbond substituents is 2. The van der Waals surface area contributed by atoms with Gasteiger partial charge in [0.25, 0.3) is 5.91 Å². The number of para-hydroxylation sites is 1. The summed E-state index contributed by atoms with van der Waals surface area (Å²) in [4.78, 5) is 22.7. The second-order valence-electron chi connectivity index (χ2n) is 3.85. The summed E-state index contributed by atoms with van der Waals surface area (Å²) in [6, 6.07) is 3.86. The summed E-state index contributed by atoms with van der Waals surface area (Å²) in [5, 5.41) is 23.9. The van der Waals surface area contributed by atoms with E-state index >= 15 is 0 Å². The van der Waals surface area contributed by atoms with E-state index in [2.05, 4.69) is 10.6 Å². The highest BCUT2D eigenvalue weighted by Crippen LogP contribution is 2.28. The summed E-state index contributed by atoms with van der Waals surface area (Å²) in [6.07, 6.45) is 0.227. The molecule has 0 saturated carbocycles. The fraction of sp³-hybridized carbons (Fsp3) is 0.273. The zero-order valence-corrected chi connectivity index (χ0v) is 8.93. The van der Waals surface area contributed by atoms with E-state index in [1.165, 1.54) is 18.2 Å². The van der Waals surface area contributed by atoms with E-state index < -0.39 is 11.7 Å². The van der Waals surface area contributed by atoms with Gasteiger partial charge >= 0.3 is 0 Å². The van der Waals surface area contributed by atoms with Crippen LogP contribution in [0.5, 0.6) is 11.5 Å². The normalized spacial score (nSPS) is 18.8. The van der Waals surface area contributed by atoms with Gasteiger partial charge in [0.1, 0.15) is 0 Å². The van der Waals surface area contributed by atoms with Crippen molar-refractivity contribution in [2.45, 2.75) is 12.5 Å². The molecule has 1 fully saturated rings. The number of hydrogen-bond acceptors (Lipinski definition) is 4. The Labute approximate surface area is 97.3 Å². The highest BCUT2D eigenvalue weighted by atomic mass is 16.3. The van der Waals surface area contributed by atoms with Gasteiger partial charge in [-0.2, -0.15) is 0 Å². The second kappa shape index (κ2) is 4.32. The number of rotatable bonds is 2. The van der Waals surface area contributed by atoms with E-state index in [-0.39, 0.29) is 29.7 Å². The van der Waals surface area contributed by atoms with E-state index in [9.17, 15) is 19.8 Å². The Morgan fingerprint density at radius 2 is 2.18 bits per heavy atom. The van der Waals surface area contributed by atoms with Crippen LogP contribution in [-0.4, -0.2) is 34.6 Å². The fourth-order valence-electron chi connectivity index (χ4n) is 1.68. The van der Waals surface area contributed by atoms with Crippen LogP contribution in [0.1, 0.15) is 16.8 Å². The van der Waals surface area contributed by atoms with E-state index in [0.717, 1.165) is 0 Å². The predicted octanol–water partition coefficient (Wildman–Crippen LogP) is -0.284. The van der Waals surface area contributed by atoms with Crippen molar-refractivity contribution in [2.24, 2.45) is 0 Å². The van der Waals surface area contributed by atoms with Gasteiger partial charge in [-0.1, -0.05) is 6.07 Å². The third-order valence-corrected chi connectivity index (χ3v) is 2.57. The molecule has 0 bridgehead atoms.